The van der Waals surface area contributed by atoms with Crippen molar-refractivity contribution in [2.75, 3.05) is 13.6 Å². The van der Waals surface area contributed by atoms with Crippen molar-refractivity contribution in [1.82, 2.24) is 15.5 Å². The first-order valence-electron chi connectivity index (χ1n) is 7.52. The molecule has 1 aromatic rings. The van der Waals surface area contributed by atoms with Crippen LogP contribution in [0.5, 0.6) is 0 Å². The Kier molecular flexibility index (Phi) is 3.09. The van der Waals surface area contributed by atoms with Crippen LogP contribution in [0.3, 0.4) is 0 Å². The molecule has 0 amide bonds. The fraction of sp³-hybridized carbons (Fsp3) is 0.667. The zero-order chi connectivity index (χ0) is 13.7. The van der Waals surface area contributed by atoms with Crippen LogP contribution in [0.1, 0.15) is 30.7 Å². The van der Waals surface area contributed by atoms with Crippen LogP contribution in [0.4, 0.5) is 0 Å². The third-order valence-electron chi connectivity index (χ3n) is 5.17. The molecular weight excluding hydrogens is 268 g/mol. The van der Waals surface area contributed by atoms with Gasteiger partial charge in [-0.05, 0) is 31.2 Å². The lowest BCUT2D eigenvalue weighted by Crippen LogP contribution is -2.63. The van der Waals surface area contributed by atoms with Crippen molar-refractivity contribution in [1.29, 1.82) is 0 Å². The number of hydrogen-bond acceptors (Lipinski definition) is 5. The minimum absolute atomic E-state index is 0.469. The largest absolute Gasteiger partial charge is 0.358 e. The van der Waals surface area contributed by atoms with Crippen LogP contribution >= 0.6 is 11.3 Å². The summed E-state index contributed by atoms with van der Waals surface area (Å²) in [5, 5.41) is 9.80. The predicted octanol–water partition coefficient (Wildman–Crippen LogP) is 1.61. The van der Waals surface area contributed by atoms with Gasteiger partial charge in [0.05, 0.1) is 24.0 Å². The lowest BCUT2D eigenvalue weighted by atomic mass is 9.81. The Morgan fingerprint density at radius 1 is 1.35 bits per heavy atom. The van der Waals surface area contributed by atoms with E-state index in [1.807, 2.05) is 11.3 Å². The van der Waals surface area contributed by atoms with E-state index in [0.717, 1.165) is 13.0 Å². The Bertz CT molecular complexity index is 512. The molecule has 2 aliphatic heterocycles. The molecule has 0 bridgehead atoms. The van der Waals surface area contributed by atoms with Crippen LogP contribution < -0.4 is 10.6 Å². The van der Waals surface area contributed by atoms with Gasteiger partial charge in [-0.2, -0.15) is 0 Å². The summed E-state index contributed by atoms with van der Waals surface area (Å²) in [5.41, 5.74) is 0. The Morgan fingerprint density at radius 3 is 3.05 bits per heavy atom. The third kappa shape index (κ3) is 2.00. The van der Waals surface area contributed by atoms with E-state index in [4.69, 9.17) is 4.99 Å². The van der Waals surface area contributed by atoms with Crippen LogP contribution in [0.15, 0.2) is 22.5 Å². The van der Waals surface area contributed by atoms with Crippen molar-refractivity contribution in [2.24, 2.45) is 4.99 Å². The number of aliphatic imine (C=N–C) groups is 1. The summed E-state index contributed by atoms with van der Waals surface area (Å²) in [6.07, 6.45) is 2.36. The van der Waals surface area contributed by atoms with E-state index in [-0.39, 0.29) is 0 Å². The van der Waals surface area contributed by atoms with Crippen LogP contribution in [0.2, 0.25) is 0 Å². The number of rotatable bonds is 1. The Hall–Kier alpha value is -0.910. The monoisotopic (exact) mass is 290 g/mol. The third-order valence-corrected chi connectivity index (χ3v) is 6.15. The number of amidine groups is 1. The molecule has 1 aliphatic carbocycles. The van der Waals surface area contributed by atoms with Crippen LogP contribution in [0, 0.1) is 0 Å². The summed E-state index contributed by atoms with van der Waals surface area (Å²) < 4.78 is 0. The smallest absolute Gasteiger partial charge is 0.0962 e. The Morgan fingerprint density at radius 2 is 2.25 bits per heavy atom. The van der Waals surface area contributed by atoms with E-state index in [1.165, 1.54) is 17.1 Å². The van der Waals surface area contributed by atoms with Gasteiger partial charge >= 0.3 is 0 Å². The number of nitrogens with one attached hydrogen (secondary N) is 2. The molecule has 5 heteroatoms. The lowest BCUT2D eigenvalue weighted by Gasteiger charge is -2.45. The zero-order valence-corrected chi connectivity index (χ0v) is 12.9. The van der Waals surface area contributed by atoms with Gasteiger partial charge in [-0.15, -0.1) is 11.3 Å². The van der Waals surface area contributed by atoms with Crippen molar-refractivity contribution < 1.29 is 0 Å². The normalized spacial score (nSPS) is 40.2. The molecule has 0 spiro atoms. The van der Waals surface area contributed by atoms with E-state index in [9.17, 15) is 0 Å². The second-order valence-corrected chi connectivity index (χ2v) is 7.23. The van der Waals surface area contributed by atoms with Gasteiger partial charge in [0, 0.05) is 30.6 Å². The molecule has 2 fully saturated rings. The van der Waals surface area contributed by atoms with Crippen molar-refractivity contribution in [2.45, 2.75) is 50.0 Å². The summed E-state index contributed by atoms with van der Waals surface area (Å²) in [5.74, 6) is 1.20. The molecule has 1 saturated heterocycles. The van der Waals surface area contributed by atoms with Crippen molar-refractivity contribution in [3.8, 4) is 0 Å². The highest BCUT2D eigenvalue weighted by atomic mass is 32.1. The quantitative estimate of drug-likeness (QED) is 0.825. The van der Waals surface area contributed by atoms with Gasteiger partial charge in [0.25, 0.3) is 0 Å². The van der Waals surface area contributed by atoms with Crippen LogP contribution in [-0.2, 0) is 0 Å². The average Bonchev–Trinajstić information content (AvgIpc) is 3.07. The fourth-order valence-electron chi connectivity index (χ4n) is 3.96. The highest BCUT2D eigenvalue weighted by molar-refractivity contribution is 7.10. The minimum Gasteiger partial charge on any atom is -0.358 e. The van der Waals surface area contributed by atoms with E-state index >= 15 is 0 Å². The van der Waals surface area contributed by atoms with Gasteiger partial charge in [-0.25, -0.2) is 0 Å². The van der Waals surface area contributed by atoms with E-state index in [2.05, 4.69) is 47.0 Å². The molecule has 3 aliphatic rings. The van der Waals surface area contributed by atoms with E-state index < -0.39 is 0 Å². The number of likely N-dealkylation sites (N-methyl/N-ethyl adjacent to an activating group) is 1. The van der Waals surface area contributed by atoms with Gasteiger partial charge in [0.2, 0.25) is 0 Å². The molecule has 1 aromatic heterocycles. The maximum absolute atomic E-state index is 4.85. The number of fused-ring (bicyclic) bond motifs is 2. The summed E-state index contributed by atoms with van der Waals surface area (Å²) in [7, 11) is 2.19. The minimum atomic E-state index is 0.469. The summed E-state index contributed by atoms with van der Waals surface area (Å²) in [4.78, 5) is 8.66. The number of thiophene rings is 1. The highest BCUT2D eigenvalue weighted by Gasteiger charge is 2.44. The first kappa shape index (κ1) is 12.8. The molecule has 4 rings (SSSR count). The van der Waals surface area contributed by atoms with Gasteiger partial charge < -0.3 is 15.5 Å². The van der Waals surface area contributed by atoms with E-state index in [0.29, 0.717) is 30.2 Å². The molecule has 0 radical (unpaired) electrons. The zero-order valence-electron chi connectivity index (χ0n) is 12.0. The van der Waals surface area contributed by atoms with Crippen molar-refractivity contribution >= 4 is 17.2 Å². The summed E-state index contributed by atoms with van der Waals surface area (Å²) in [6, 6.07) is 7.08. The molecular formula is C15H22N4S. The predicted molar refractivity (Wildman–Crippen MR) is 83.5 cm³/mol. The maximum Gasteiger partial charge on any atom is 0.0962 e. The average molecular weight is 290 g/mol. The lowest BCUT2D eigenvalue weighted by molar-refractivity contribution is 0.154. The van der Waals surface area contributed by atoms with Gasteiger partial charge in [0.15, 0.2) is 0 Å². The summed E-state index contributed by atoms with van der Waals surface area (Å²) >= 11 is 1.85. The Balaban J connectivity index is 1.50. The van der Waals surface area contributed by atoms with Gasteiger partial charge in [0.1, 0.15) is 0 Å². The molecule has 20 heavy (non-hydrogen) atoms. The Labute approximate surface area is 124 Å². The second kappa shape index (κ2) is 4.83. The molecule has 0 aromatic carbocycles. The molecule has 4 nitrogen and oxygen atoms in total. The standard InChI is InChI=1S/C15H22N4S/c1-9-17-12-6-11-10(7-14(12)19(9)2)16-8-13(18-11)15-4-3-5-20-15/h3-5,10-14,16,18H,6-8H2,1-2H3. The molecule has 5 atom stereocenters. The van der Waals surface area contributed by atoms with E-state index in [1.54, 1.807) is 0 Å². The summed E-state index contributed by atoms with van der Waals surface area (Å²) in [6.45, 7) is 3.18. The van der Waals surface area contributed by atoms with Crippen molar-refractivity contribution in [3.63, 3.8) is 0 Å². The first-order chi connectivity index (χ1) is 9.72. The highest BCUT2D eigenvalue weighted by Crippen LogP contribution is 2.33. The fourth-order valence-corrected chi connectivity index (χ4v) is 4.74. The van der Waals surface area contributed by atoms with Crippen molar-refractivity contribution in [3.05, 3.63) is 22.4 Å². The second-order valence-electron chi connectivity index (χ2n) is 6.25. The molecule has 108 valence electrons. The van der Waals surface area contributed by atoms with Crippen LogP contribution in [-0.4, -0.2) is 48.5 Å². The van der Waals surface area contributed by atoms with Gasteiger partial charge in [-0.3, -0.25) is 4.99 Å². The molecule has 5 unspecified atom stereocenters. The van der Waals surface area contributed by atoms with Gasteiger partial charge in [-0.1, -0.05) is 6.07 Å². The SMILES string of the molecule is CC1=NC2CC3NC(c4cccs4)CNC3CC2N1C. The number of nitrogens with zero attached hydrogens (tertiary/aromatic N) is 2. The number of hydrogen-bond donors (Lipinski definition) is 2. The van der Waals surface area contributed by atoms with Crippen LogP contribution in [0.25, 0.3) is 0 Å². The topological polar surface area (TPSA) is 39.7 Å². The molecule has 2 N–H and O–H groups in total. The first-order valence-corrected chi connectivity index (χ1v) is 8.40. The molecule has 1 saturated carbocycles. The maximum atomic E-state index is 4.85. The number of piperazine rings is 1. The molecule has 3 heterocycles.